The lowest BCUT2D eigenvalue weighted by Crippen LogP contribution is -2.41. The van der Waals surface area contributed by atoms with Gasteiger partial charge in [-0.25, -0.2) is 0 Å². The minimum Gasteiger partial charge on any atom is -0.423 e. The van der Waals surface area contributed by atoms with Crippen molar-refractivity contribution >= 4 is 20.9 Å². The van der Waals surface area contributed by atoms with Crippen LogP contribution in [0.25, 0.3) is 0 Å². The van der Waals surface area contributed by atoms with E-state index in [1.807, 2.05) is 12.1 Å². The molecular weight excluding hydrogens is 279 g/mol. The quantitative estimate of drug-likeness (QED) is 0.794. The van der Waals surface area contributed by atoms with E-state index >= 15 is 0 Å². The summed E-state index contributed by atoms with van der Waals surface area (Å²) in [7, 11) is -3.09. The minimum atomic E-state index is -1.70. The number of benzene rings is 1. The fourth-order valence-corrected chi connectivity index (χ4v) is 3.06. The van der Waals surface area contributed by atoms with Crippen molar-refractivity contribution in [1.29, 1.82) is 0 Å². The van der Waals surface area contributed by atoms with Gasteiger partial charge in [0.05, 0.1) is 0 Å². The van der Waals surface area contributed by atoms with Crippen molar-refractivity contribution < 1.29 is 14.5 Å². The van der Waals surface area contributed by atoms with Crippen molar-refractivity contribution in [1.82, 2.24) is 0 Å². The van der Waals surface area contributed by atoms with Crippen LogP contribution in [0.15, 0.2) is 18.2 Å². The van der Waals surface area contributed by atoms with Crippen LogP contribution < -0.4 is 5.46 Å². The zero-order valence-corrected chi connectivity index (χ0v) is 15.2. The summed E-state index contributed by atoms with van der Waals surface area (Å²) >= 11 is 0. The van der Waals surface area contributed by atoms with E-state index in [0.29, 0.717) is 5.46 Å². The van der Waals surface area contributed by atoms with Crippen LogP contribution in [-0.2, 0) is 17.3 Å². The third-order valence-electron chi connectivity index (χ3n) is 4.55. The summed E-state index contributed by atoms with van der Waals surface area (Å²) in [6.45, 7) is 14.1. The van der Waals surface area contributed by atoms with Crippen LogP contribution in [0, 0.1) is 0 Å². The average molecular weight is 308 g/mol. The molecule has 0 atom stereocenters. The second kappa shape index (κ2) is 7.09. The first-order chi connectivity index (χ1) is 9.58. The molecule has 1 aromatic carbocycles. The molecule has 1 rings (SSSR count). The molecule has 3 nitrogen and oxygen atoms in total. The Balaban J connectivity index is 2.72. The molecule has 0 amide bonds. The lowest BCUT2D eigenvalue weighted by Gasteiger charge is -2.36. The number of rotatable bonds is 6. The summed E-state index contributed by atoms with van der Waals surface area (Å²) in [6, 6.07) is 5.65. The molecule has 0 aromatic heterocycles. The molecule has 0 saturated heterocycles. The van der Waals surface area contributed by atoms with E-state index in [-0.39, 0.29) is 5.04 Å². The largest absolute Gasteiger partial charge is 0.488 e. The predicted octanol–water partition coefficient (Wildman–Crippen LogP) is 2.49. The van der Waals surface area contributed by atoms with Gasteiger partial charge in [0.25, 0.3) is 0 Å². The third kappa shape index (κ3) is 4.95. The SMILES string of the molecule is CCc1cc(B(O)O)ccc1CCO[Si](C)(C)C(C)(C)C. The highest BCUT2D eigenvalue weighted by atomic mass is 28.4. The Morgan fingerprint density at radius 3 is 2.24 bits per heavy atom. The van der Waals surface area contributed by atoms with Gasteiger partial charge in [0.15, 0.2) is 8.32 Å². The van der Waals surface area contributed by atoms with Crippen molar-refractivity contribution in [3.8, 4) is 0 Å². The molecule has 2 N–H and O–H groups in total. The highest BCUT2D eigenvalue weighted by Gasteiger charge is 2.36. The molecule has 0 unspecified atom stereocenters. The van der Waals surface area contributed by atoms with E-state index in [0.717, 1.165) is 19.4 Å². The molecule has 1 aromatic rings. The Morgan fingerprint density at radius 2 is 1.76 bits per heavy atom. The molecule has 0 heterocycles. The molecule has 118 valence electrons. The Hall–Kier alpha value is -0.618. The molecular formula is C16H29BO3Si. The van der Waals surface area contributed by atoms with Crippen molar-refractivity contribution in [2.24, 2.45) is 0 Å². The first-order valence-corrected chi connectivity index (χ1v) is 10.6. The molecule has 21 heavy (non-hydrogen) atoms. The molecule has 0 aliphatic heterocycles. The van der Waals surface area contributed by atoms with Gasteiger partial charge >= 0.3 is 7.12 Å². The topological polar surface area (TPSA) is 49.7 Å². The fraction of sp³-hybridized carbons (Fsp3) is 0.625. The van der Waals surface area contributed by atoms with Gasteiger partial charge in [-0.15, -0.1) is 0 Å². The maximum atomic E-state index is 9.24. The molecule has 0 spiro atoms. The van der Waals surface area contributed by atoms with Crippen molar-refractivity contribution in [3.05, 3.63) is 29.3 Å². The number of hydrogen-bond acceptors (Lipinski definition) is 3. The lowest BCUT2D eigenvalue weighted by atomic mass is 9.78. The van der Waals surface area contributed by atoms with Gasteiger partial charge in [-0.05, 0) is 47.6 Å². The van der Waals surface area contributed by atoms with E-state index in [1.165, 1.54) is 11.1 Å². The zero-order valence-electron chi connectivity index (χ0n) is 14.2. The Morgan fingerprint density at radius 1 is 1.14 bits per heavy atom. The fourth-order valence-electron chi connectivity index (χ4n) is 2.01. The Labute approximate surface area is 130 Å². The molecule has 0 fully saturated rings. The summed E-state index contributed by atoms with van der Waals surface area (Å²) in [5.41, 5.74) is 2.96. The second-order valence-electron chi connectivity index (χ2n) is 7.11. The number of hydrogen-bond donors (Lipinski definition) is 2. The van der Waals surface area contributed by atoms with Crippen LogP contribution in [0.5, 0.6) is 0 Å². The van der Waals surface area contributed by atoms with E-state index in [1.54, 1.807) is 6.07 Å². The van der Waals surface area contributed by atoms with Gasteiger partial charge in [-0.3, -0.25) is 0 Å². The lowest BCUT2D eigenvalue weighted by molar-refractivity contribution is 0.291. The summed E-state index contributed by atoms with van der Waals surface area (Å²) in [4.78, 5) is 0. The summed E-state index contributed by atoms with van der Waals surface area (Å²) < 4.78 is 6.22. The maximum absolute atomic E-state index is 9.24. The van der Waals surface area contributed by atoms with E-state index in [2.05, 4.69) is 40.8 Å². The highest BCUT2D eigenvalue weighted by Crippen LogP contribution is 2.36. The molecule has 0 saturated carbocycles. The van der Waals surface area contributed by atoms with Crippen LogP contribution in [0.4, 0.5) is 0 Å². The first kappa shape index (κ1) is 18.4. The monoisotopic (exact) mass is 308 g/mol. The second-order valence-corrected chi connectivity index (χ2v) is 11.9. The predicted molar refractivity (Wildman–Crippen MR) is 92.5 cm³/mol. The Kier molecular flexibility index (Phi) is 6.23. The van der Waals surface area contributed by atoms with Crippen LogP contribution in [-0.4, -0.2) is 32.1 Å². The number of aryl methyl sites for hydroxylation is 1. The molecule has 0 radical (unpaired) electrons. The molecule has 0 aliphatic carbocycles. The van der Waals surface area contributed by atoms with Gasteiger partial charge < -0.3 is 14.5 Å². The van der Waals surface area contributed by atoms with E-state index in [9.17, 15) is 10.0 Å². The highest BCUT2D eigenvalue weighted by molar-refractivity contribution is 6.74. The average Bonchev–Trinajstić information content (AvgIpc) is 2.37. The van der Waals surface area contributed by atoms with Crippen molar-refractivity contribution in [2.45, 2.75) is 58.7 Å². The van der Waals surface area contributed by atoms with Gasteiger partial charge in [0.2, 0.25) is 0 Å². The van der Waals surface area contributed by atoms with E-state index < -0.39 is 15.4 Å². The first-order valence-electron chi connectivity index (χ1n) is 7.70. The van der Waals surface area contributed by atoms with Gasteiger partial charge in [-0.1, -0.05) is 45.9 Å². The maximum Gasteiger partial charge on any atom is 0.488 e. The normalized spacial score (nSPS) is 12.6. The Bertz CT molecular complexity index is 467. The van der Waals surface area contributed by atoms with Crippen molar-refractivity contribution in [3.63, 3.8) is 0 Å². The zero-order chi connectivity index (χ0) is 16.3. The molecule has 0 aliphatic rings. The van der Waals surface area contributed by atoms with E-state index in [4.69, 9.17) is 4.43 Å². The minimum absolute atomic E-state index is 0.228. The summed E-state index contributed by atoms with van der Waals surface area (Å²) in [5.74, 6) is 0. The van der Waals surface area contributed by atoms with Gasteiger partial charge in [0, 0.05) is 6.61 Å². The molecule has 0 bridgehead atoms. The summed E-state index contributed by atoms with van der Waals surface area (Å²) in [6.07, 6.45) is 1.76. The van der Waals surface area contributed by atoms with Crippen LogP contribution in [0.3, 0.4) is 0 Å². The third-order valence-corrected chi connectivity index (χ3v) is 9.09. The van der Waals surface area contributed by atoms with Crippen LogP contribution in [0.2, 0.25) is 18.1 Å². The molecule has 5 heteroatoms. The smallest absolute Gasteiger partial charge is 0.423 e. The van der Waals surface area contributed by atoms with Gasteiger partial charge in [-0.2, -0.15) is 0 Å². The van der Waals surface area contributed by atoms with Crippen LogP contribution >= 0.6 is 0 Å². The standard InChI is InChI=1S/C16H29BO3Si/c1-7-13-12-15(17(18)19)9-8-14(13)10-11-20-21(5,6)16(2,3)4/h8-9,12,18-19H,7,10-11H2,1-6H3. The summed E-state index contributed by atoms with van der Waals surface area (Å²) in [5, 5.41) is 18.7. The van der Waals surface area contributed by atoms with Crippen molar-refractivity contribution in [2.75, 3.05) is 6.61 Å². The van der Waals surface area contributed by atoms with Crippen LogP contribution in [0.1, 0.15) is 38.8 Å². The van der Waals surface area contributed by atoms with Gasteiger partial charge in [0.1, 0.15) is 0 Å².